The van der Waals surface area contributed by atoms with Crippen LogP contribution >= 0.6 is 27.7 Å². The zero-order chi connectivity index (χ0) is 30.3. The van der Waals surface area contributed by atoms with Crippen molar-refractivity contribution in [1.29, 1.82) is 0 Å². The lowest BCUT2D eigenvalue weighted by molar-refractivity contribution is -0.154. The SMILES string of the molecule is C=CCN(Cn1nnc2ccccc21)C(=O)C1N([C@@H](CO)Cc2ccccc2)C(=O)[C@@H]2[C@H](C(=O)OCC)[C@H]3SC12CC3Br. The van der Waals surface area contributed by atoms with Gasteiger partial charge in [0, 0.05) is 16.6 Å². The standard InChI is InChI=1S/C31H34BrN5O5S/c1-3-14-35(18-36-23-13-9-8-12-22(23)33-34-36)29(40)27-31-16-21(32)26(43-31)24(30(41)42-4-2)25(31)28(39)37(27)20(17-38)15-19-10-6-5-7-11-19/h3,5-13,20-21,24-27,38H,1,4,14-18H2,2H3/t20-,21?,24+,25+,26+,27?,31?/m1/s1. The van der Waals surface area contributed by atoms with Crippen molar-refractivity contribution in [1.82, 2.24) is 24.8 Å². The monoisotopic (exact) mass is 667 g/mol. The van der Waals surface area contributed by atoms with Crippen molar-refractivity contribution in [2.45, 2.75) is 53.3 Å². The Bertz CT molecular complexity index is 1540. The number of para-hydroxylation sites is 1. The van der Waals surface area contributed by atoms with E-state index in [9.17, 15) is 19.5 Å². The van der Waals surface area contributed by atoms with Gasteiger partial charge in [0.2, 0.25) is 11.8 Å². The van der Waals surface area contributed by atoms with Gasteiger partial charge in [-0.3, -0.25) is 14.4 Å². The number of carbonyl (C=O) groups is 3. The fourth-order valence-electron chi connectivity index (χ4n) is 7.11. The summed E-state index contributed by atoms with van der Waals surface area (Å²) < 4.78 is 6.25. The number of thioether (sulfide) groups is 1. The minimum Gasteiger partial charge on any atom is -0.466 e. The van der Waals surface area contributed by atoms with E-state index < -0.39 is 34.6 Å². The number of esters is 1. The number of ether oxygens (including phenoxy) is 1. The molecule has 10 nitrogen and oxygen atoms in total. The van der Waals surface area contributed by atoms with Crippen molar-refractivity contribution in [3.63, 3.8) is 0 Å². The molecule has 3 fully saturated rings. The lowest BCUT2D eigenvalue weighted by Crippen LogP contribution is -2.58. The number of fused-ring (bicyclic) bond motifs is 2. The number of carbonyl (C=O) groups excluding carboxylic acids is 3. The van der Waals surface area contributed by atoms with Crippen LogP contribution in [-0.2, 0) is 32.2 Å². The van der Waals surface area contributed by atoms with Crippen LogP contribution in [0.1, 0.15) is 18.9 Å². The molecule has 43 heavy (non-hydrogen) atoms. The first-order chi connectivity index (χ1) is 20.8. The first-order valence-corrected chi connectivity index (χ1v) is 16.3. The Labute approximate surface area is 262 Å². The van der Waals surface area contributed by atoms with E-state index in [4.69, 9.17) is 4.74 Å². The van der Waals surface area contributed by atoms with Crippen LogP contribution in [0.4, 0.5) is 0 Å². The molecule has 3 aromatic rings. The van der Waals surface area contributed by atoms with E-state index in [0.717, 1.165) is 11.1 Å². The summed E-state index contributed by atoms with van der Waals surface area (Å²) >= 11 is 5.33. The molecule has 4 heterocycles. The average Bonchev–Trinajstić information content (AvgIpc) is 3.73. The van der Waals surface area contributed by atoms with Crippen molar-refractivity contribution in [2.24, 2.45) is 11.8 Å². The van der Waals surface area contributed by atoms with Crippen molar-refractivity contribution >= 4 is 56.5 Å². The summed E-state index contributed by atoms with van der Waals surface area (Å²) in [5.74, 6) is -2.42. The largest absolute Gasteiger partial charge is 0.466 e. The van der Waals surface area contributed by atoms with Crippen LogP contribution in [0.15, 0.2) is 67.3 Å². The number of alkyl halides is 1. The second kappa shape index (κ2) is 12.0. The zero-order valence-corrected chi connectivity index (χ0v) is 26.2. The van der Waals surface area contributed by atoms with Gasteiger partial charge in [-0.1, -0.05) is 69.7 Å². The molecule has 1 aromatic heterocycles. The molecular weight excluding hydrogens is 634 g/mol. The maximum atomic E-state index is 14.9. The molecule has 3 unspecified atom stereocenters. The number of halogens is 1. The number of aliphatic hydroxyl groups is 1. The number of aromatic nitrogens is 3. The molecule has 2 aromatic carbocycles. The maximum Gasteiger partial charge on any atom is 0.310 e. The van der Waals surface area contributed by atoms with Gasteiger partial charge in [-0.05, 0) is 37.5 Å². The number of likely N-dealkylation sites (tertiary alicyclic amines) is 1. The number of nitrogens with zero attached hydrogens (tertiary/aromatic N) is 5. The van der Waals surface area contributed by atoms with Crippen LogP contribution in [0.25, 0.3) is 11.0 Å². The molecule has 1 N–H and O–H groups in total. The second-order valence-corrected chi connectivity index (χ2v) is 14.0. The van der Waals surface area contributed by atoms with Gasteiger partial charge in [0.15, 0.2) is 0 Å². The highest BCUT2D eigenvalue weighted by molar-refractivity contribution is 9.09. The number of amides is 2. The summed E-state index contributed by atoms with van der Waals surface area (Å²) in [6, 6.07) is 15.5. The van der Waals surface area contributed by atoms with Crippen LogP contribution in [0.2, 0.25) is 0 Å². The van der Waals surface area contributed by atoms with Gasteiger partial charge >= 0.3 is 5.97 Å². The van der Waals surface area contributed by atoms with Crippen molar-refractivity contribution < 1.29 is 24.2 Å². The summed E-state index contributed by atoms with van der Waals surface area (Å²) in [4.78, 5) is 45.9. The third-order valence-electron chi connectivity index (χ3n) is 8.82. The Morgan fingerprint density at radius 3 is 2.72 bits per heavy atom. The van der Waals surface area contributed by atoms with E-state index >= 15 is 0 Å². The molecule has 3 saturated heterocycles. The Kier molecular flexibility index (Phi) is 8.36. The molecule has 1 spiro atoms. The molecule has 12 heteroatoms. The summed E-state index contributed by atoms with van der Waals surface area (Å²) in [6.45, 7) is 5.81. The molecular formula is C31H34BrN5O5S. The maximum absolute atomic E-state index is 14.9. The molecule has 0 aliphatic carbocycles. The van der Waals surface area contributed by atoms with Crippen molar-refractivity contribution in [3.05, 3.63) is 72.8 Å². The quantitative estimate of drug-likeness (QED) is 0.188. The van der Waals surface area contributed by atoms with Gasteiger partial charge in [0.25, 0.3) is 0 Å². The lowest BCUT2D eigenvalue weighted by Gasteiger charge is -2.39. The molecule has 2 bridgehead atoms. The Morgan fingerprint density at radius 2 is 2.00 bits per heavy atom. The Balaban J connectivity index is 1.43. The average molecular weight is 669 g/mol. The molecule has 2 amide bonds. The van der Waals surface area contributed by atoms with Crippen molar-refractivity contribution in [3.8, 4) is 0 Å². The minimum atomic E-state index is -0.921. The molecule has 0 radical (unpaired) electrons. The number of aliphatic hydroxyl groups excluding tert-OH is 1. The third-order valence-corrected chi connectivity index (χ3v) is 12.0. The molecule has 6 rings (SSSR count). The third kappa shape index (κ3) is 4.97. The van der Waals surface area contributed by atoms with Crippen LogP contribution in [0.5, 0.6) is 0 Å². The summed E-state index contributed by atoms with van der Waals surface area (Å²) in [6.07, 6.45) is 2.54. The van der Waals surface area contributed by atoms with Crippen LogP contribution in [-0.4, -0.2) is 94.4 Å². The zero-order valence-electron chi connectivity index (χ0n) is 23.8. The predicted molar refractivity (Wildman–Crippen MR) is 166 cm³/mol. The summed E-state index contributed by atoms with van der Waals surface area (Å²) in [7, 11) is 0. The second-order valence-electron chi connectivity index (χ2n) is 11.3. The summed E-state index contributed by atoms with van der Waals surface area (Å²) in [5, 5.41) is 19.0. The smallest absolute Gasteiger partial charge is 0.310 e. The van der Waals surface area contributed by atoms with Gasteiger partial charge in [0.05, 0.1) is 41.4 Å². The first-order valence-electron chi connectivity index (χ1n) is 14.5. The van der Waals surface area contributed by atoms with Gasteiger partial charge < -0.3 is 19.6 Å². The van der Waals surface area contributed by atoms with Gasteiger partial charge in [0.1, 0.15) is 18.2 Å². The van der Waals surface area contributed by atoms with E-state index in [2.05, 4.69) is 32.8 Å². The van der Waals surface area contributed by atoms with E-state index in [1.807, 2.05) is 54.6 Å². The van der Waals surface area contributed by atoms with Crippen LogP contribution in [0.3, 0.4) is 0 Å². The predicted octanol–water partition coefficient (Wildman–Crippen LogP) is 3.03. The Morgan fingerprint density at radius 1 is 1.26 bits per heavy atom. The molecule has 0 saturated carbocycles. The van der Waals surface area contributed by atoms with Gasteiger partial charge in [-0.15, -0.1) is 23.4 Å². The van der Waals surface area contributed by atoms with Gasteiger partial charge in [-0.25, -0.2) is 4.68 Å². The number of hydrogen-bond acceptors (Lipinski definition) is 8. The fraction of sp³-hybridized carbons (Fsp3) is 0.452. The number of hydrogen-bond donors (Lipinski definition) is 1. The summed E-state index contributed by atoms with van der Waals surface area (Å²) in [5.41, 5.74) is 2.41. The Hall–Kier alpha value is -3.22. The van der Waals surface area contributed by atoms with E-state index in [1.165, 1.54) is 0 Å². The highest BCUT2D eigenvalue weighted by Crippen LogP contribution is 2.68. The van der Waals surface area contributed by atoms with Crippen LogP contribution in [0, 0.1) is 11.8 Å². The normalized spacial score (nSPS) is 28.2. The van der Waals surface area contributed by atoms with Crippen LogP contribution < -0.4 is 0 Å². The molecule has 3 aliphatic heterocycles. The molecule has 3 aliphatic rings. The van der Waals surface area contributed by atoms with Crippen molar-refractivity contribution in [2.75, 3.05) is 19.8 Å². The number of rotatable bonds is 11. The lowest BCUT2D eigenvalue weighted by atomic mass is 9.71. The fourth-order valence-corrected chi connectivity index (χ4v) is 10.7. The minimum absolute atomic E-state index is 0.0833. The highest BCUT2D eigenvalue weighted by Gasteiger charge is 2.76. The van der Waals surface area contributed by atoms with E-state index in [1.54, 1.807) is 39.2 Å². The topological polar surface area (TPSA) is 118 Å². The van der Waals surface area contributed by atoms with E-state index in [0.29, 0.717) is 18.4 Å². The number of benzene rings is 2. The highest BCUT2D eigenvalue weighted by atomic mass is 79.9. The van der Waals surface area contributed by atoms with Gasteiger partial charge in [-0.2, -0.15) is 0 Å². The molecule has 7 atom stereocenters. The first kappa shape index (κ1) is 29.8. The molecule has 226 valence electrons. The van der Waals surface area contributed by atoms with E-state index in [-0.39, 0.29) is 48.3 Å².